The zero-order valence-corrected chi connectivity index (χ0v) is 10.5. The Morgan fingerprint density at radius 2 is 2.00 bits per heavy atom. The molecule has 0 bridgehead atoms. The average Bonchev–Trinajstić information content (AvgIpc) is 2.77. The van der Waals surface area contributed by atoms with Gasteiger partial charge in [0.05, 0.1) is 14.2 Å². The molecule has 1 heterocycles. The largest absolute Gasteiger partial charge is 0.467 e. The van der Waals surface area contributed by atoms with Crippen LogP contribution < -0.4 is 0 Å². The van der Waals surface area contributed by atoms with E-state index >= 15 is 0 Å². The van der Waals surface area contributed by atoms with E-state index in [2.05, 4.69) is 0 Å². The van der Waals surface area contributed by atoms with Crippen molar-refractivity contribution in [2.75, 3.05) is 14.2 Å². The Morgan fingerprint density at radius 3 is 2.61 bits per heavy atom. The van der Waals surface area contributed by atoms with Crippen LogP contribution in [0.3, 0.4) is 0 Å². The van der Waals surface area contributed by atoms with Crippen LogP contribution in [0.25, 0.3) is 0 Å². The van der Waals surface area contributed by atoms with Crippen molar-refractivity contribution in [3.63, 3.8) is 0 Å². The molecule has 0 aromatic rings. The van der Waals surface area contributed by atoms with Gasteiger partial charge in [-0.3, -0.25) is 9.69 Å². The number of ketones is 1. The normalized spacial score (nSPS) is 30.9. The smallest absolute Gasteiger partial charge is 0.410 e. The van der Waals surface area contributed by atoms with Crippen molar-refractivity contribution < 1.29 is 23.9 Å². The molecule has 3 unspecified atom stereocenters. The van der Waals surface area contributed by atoms with E-state index in [0.29, 0.717) is 12.8 Å². The fourth-order valence-electron chi connectivity index (χ4n) is 3.01. The number of hydrogen-bond acceptors (Lipinski definition) is 5. The molecule has 0 N–H and O–H groups in total. The Labute approximate surface area is 105 Å². The Morgan fingerprint density at radius 1 is 1.28 bits per heavy atom. The van der Waals surface area contributed by atoms with E-state index in [4.69, 9.17) is 9.47 Å². The zero-order chi connectivity index (χ0) is 13.3. The first kappa shape index (κ1) is 12.9. The number of ether oxygens (including phenoxy) is 2. The van der Waals surface area contributed by atoms with E-state index in [1.165, 1.54) is 19.1 Å². The van der Waals surface area contributed by atoms with Crippen molar-refractivity contribution in [1.29, 1.82) is 0 Å². The lowest BCUT2D eigenvalue weighted by molar-refractivity contribution is -0.145. The van der Waals surface area contributed by atoms with Gasteiger partial charge in [-0.15, -0.1) is 0 Å². The van der Waals surface area contributed by atoms with E-state index in [1.807, 2.05) is 0 Å². The molecular formula is C12H17NO5. The third-order valence-corrected chi connectivity index (χ3v) is 3.83. The highest BCUT2D eigenvalue weighted by atomic mass is 16.5. The second-order valence-electron chi connectivity index (χ2n) is 4.68. The van der Waals surface area contributed by atoms with Gasteiger partial charge in [0, 0.05) is 18.4 Å². The Kier molecular flexibility index (Phi) is 3.54. The Bertz CT molecular complexity index is 381. The minimum Gasteiger partial charge on any atom is -0.467 e. The lowest BCUT2D eigenvalue weighted by Gasteiger charge is -2.31. The zero-order valence-electron chi connectivity index (χ0n) is 10.5. The van der Waals surface area contributed by atoms with Gasteiger partial charge in [-0.2, -0.15) is 0 Å². The number of Topliss-reactive ketones (excluding diaryl/α,β-unsaturated/α-hetero) is 1. The molecule has 3 atom stereocenters. The van der Waals surface area contributed by atoms with Crippen LogP contribution in [-0.2, 0) is 19.1 Å². The topological polar surface area (TPSA) is 72.9 Å². The summed E-state index contributed by atoms with van der Waals surface area (Å²) in [5.74, 6) is -0.601. The lowest BCUT2D eigenvalue weighted by Crippen LogP contribution is -2.47. The summed E-state index contributed by atoms with van der Waals surface area (Å²) >= 11 is 0. The molecule has 0 spiro atoms. The first-order chi connectivity index (χ1) is 8.60. The molecule has 6 heteroatoms. The summed E-state index contributed by atoms with van der Waals surface area (Å²) in [4.78, 5) is 36.7. The molecule has 1 saturated carbocycles. The molecule has 1 amide bonds. The van der Waals surface area contributed by atoms with Crippen LogP contribution in [0.2, 0.25) is 0 Å². The van der Waals surface area contributed by atoms with Gasteiger partial charge in [0.2, 0.25) is 0 Å². The predicted octanol–water partition coefficient (Wildman–Crippen LogP) is 0.738. The van der Waals surface area contributed by atoms with E-state index in [0.717, 1.165) is 12.8 Å². The quantitative estimate of drug-likeness (QED) is 0.646. The molecule has 0 aromatic carbocycles. The van der Waals surface area contributed by atoms with Crippen molar-refractivity contribution in [3.05, 3.63) is 0 Å². The number of nitrogens with zero attached hydrogens (tertiary/aromatic N) is 1. The van der Waals surface area contributed by atoms with Crippen LogP contribution >= 0.6 is 0 Å². The monoisotopic (exact) mass is 255 g/mol. The second-order valence-corrected chi connectivity index (χ2v) is 4.68. The van der Waals surface area contributed by atoms with Crippen LogP contribution in [-0.4, -0.2) is 49.0 Å². The van der Waals surface area contributed by atoms with Crippen LogP contribution in [0.5, 0.6) is 0 Å². The van der Waals surface area contributed by atoms with E-state index in [9.17, 15) is 14.4 Å². The lowest BCUT2D eigenvalue weighted by atomic mass is 9.83. The van der Waals surface area contributed by atoms with Gasteiger partial charge in [-0.25, -0.2) is 9.59 Å². The van der Waals surface area contributed by atoms with E-state index < -0.39 is 18.1 Å². The van der Waals surface area contributed by atoms with Gasteiger partial charge < -0.3 is 9.47 Å². The van der Waals surface area contributed by atoms with Crippen molar-refractivity contribution >= 4 is 17.8 Å². The van der Waals surface area contributed by atoms with Crippen LogP contribution in [0, 0.1) is 5.92 Å². The van der Waals surface area contributed by atoms with Gasteiger partial charge >= 0.3 is 12.1 Å². The maximum atomic E-state index is 11.9. The first-order valence-corrected chi connectivity index (χ1v) is 6.07. The minimum absolute atomic E-state index is 0.131. The maximum absolute atomic E-state index is 11.9. The first-order valence-electron chi connectivity index (χ1n) is 6.07. The van der Waals surface area contributed by atoms with Crippen molar-refractivity contribution in [1.82, 2.24) is 4.90 Å². The highest BCUT2D eigenvalue weighted by molar-refractivity contribution is 5.88. The third-order valence-electron chi connectivity index (χ3n) is 3.83. The molecule has 18 heavy (non-hydrogen) atoms. The van der Waals surface area contributed by atoms with Gasteiger partial charge in [0.15, 0.2) is 0 Å². The van der Waals surface area contributed by atoms with Crippen molar-refractivity contribution in [2.24, 2.45) is 5.92 Å². The molecule has 2 fully saturated rings. The second kappa shape index (κ2) is 4.96. The summed E-state index contributed by atoms with van der Waals surface area (Å²) in [5, 5.41) is 0. The fourth-order valence-corrected chi connectivity index (χ4v) is 3.01. The number of amides is 1. The van der Waals surface area contributed by atoms with Crippen molar-refractivity contribution in [2.45, 2.75) is 37.8 Å². The fraction of sp³-hybridized carbons (Fsp3) is 0.750. The number of carbonyl (C=O) groups excluding carboxylic acids is 3. The summed E-state index contributed by atoms with van der Waals surface area (Å²) < 4.78 is 9.41. The average molecular weight is 255 g/mol. The van der Waals surface area contributed by atoms with Crippen LogP contribution in [0.1, 0.15) is 25.7 Å². The van der Waals surface area contributed by atoms with Gasteiger partial charge in [0.1, 0.15) is 11.8 Å². The van der Waals surface area contributed by atoms with Gasteiger partial charge in [-0.05, 0) is 19.3 Å². The van der Waals surface area contributed by atoms with Gasteiger partial charge in [-0.1, -0.05) is 0 Å². The molecular weight excluding hydrogens is 238 g/mol. The number of fused-ring (bicyclic) bond motifs is 1. The minimum atomic E-state index is -0.695. The molecule has 6 nitrogen and oxygen atoms in total. The number of methoxy groups -OCH3 is 2. The number of esters is 1. The summed E-state index contributed by atoms with van der Waals surface area (Å²) in [6.07, 6.45) is 1.81. The summed E-state index contributed by atoms with van der Waals surface area (Å²) in [7, 11) is 2.55. The molecule has 100 valence electrons. The number of carbonyl (C=O) groups is 3. The van der Waals surface area contributed by atoms with E-state index in [-0.39, 0.29) is 17.7 Å². The van der Waals surface area contributed by atoms with Crippen LogP contribution in [0.15, 0.2) is 0 Å². The molecule has 2 rings (SSSR count). The molecule has 0 radical (unpaired) electrons. The summed E-state index contributed by atoms with van der Waals surface area (Å²) in [6, 6.07) is -0.915. The summed E-state index contributed by atoms with van der Waals surface area (Å²) in [6.45, 7) is 0. The van der Waals surface area contributed by atoms with Crippen molar-refractivity contribution in [3.8, 4) is 0 Å². The highest BCUT2D eigenvalue weighted by Crippen LogP contribution is 2.38. The predicted molar refractivity (Wildman–Crippen MR) is 60.8 cm³/mol. The molecule has 1 saturated heterocycles. The highest BCUT2D eigenvalue weighted by Gasteiger charge is 2.51. The maximum Gasteiger partial charge on any atom is 0.410 e. The summed E-state index contributed by atoms with van der Waals surface area (Å²) in [5.41, 5.74) is 0. The van der Waals surface area contributed by atoms with Crippen LogP contribution in [0.4, 0.5) is 4.79 Å². The molecule has 2 aliphatic rings. The molecule has 0 aromatic heterocycles. The Balaban J connectivity index is 2.27. The molecule has 1 aliphatic heterocycles. The van der Waals surface area contributed by atoms with Gasteiger partial charge in [0.25, 0.3) is 0 Å². The number of rotatable bonds is 1. The Hall–Kier alpha value is -1.59. The third kappa shape index (κ3) is 1.95. The van der Waals surface area contributed by atoms with E-state index in [1.54, 1.807) is 0 Å². The standard InChI is InChI=1S/C12H17NO5/c1-17-11(15)9-6-7-8(4-3-5-10(7)14)13(9)12(16)18-2/h7-9H,3-6H2,1-2H3. The SMILES string of the molecule is COC(=O)C1CC2C(=O)CCCC2N1C(=O)OC. The molecule has 1 aliphatic carbocycles. The number of hydrogen-bond donors (Lipinski definition) is 0. The number of likely N-dealkylation sites (tertiary alicyclic amines) is 1.